The topological polar surface area (TPSA) is 61.8 Å². The standard InChI is InChI=1S/C23H26O5Si/c1-22(2,3)29(17-12-8-6-9-13-17,18-14-10-7-11-15-18)28-20(24)16-19-21(25)27-23(4,5)26-19/h6-16H,1-5H3. The number of carbonyl (C=O) groups excluding carboxylic acids is 2. The van der Waals surface area contributed by atoms with Crippen molar-refractivity contribution in [3.05, 3.63) is 72.5 Å². The Bertz CT molecular complexity index is 887. The summed E-state index contributed by atoms with van der Waals surface area (Å²) in [6, 6.07) is 19.6. The highest BCUT2D eigenvalue weighted by molar-refractivity contribution is 7.00. The van der Waals surface area contributed by atoms with Crippen LogP contribution in [0.4, 0.5) is 0 Å². The molecule has 0 aromatic heterocycles. The number of esters is 1. The minimum absolute atomic E-state index is 0.141. The molecule has 0 N–H and O–H groups in total. The summed E-state index contributed by atoms with van der Waals surface area (Å²) in [4.78, 5) is 25.0. The molecular formula is C23H26O5Si. The van der Waals surface area contributed by atoms with Crippen LogP contribution in [0.15, 0.2) is 72.5 Å². The Morgan fingerprint density at radius 2 is 1.41 bits per heavy atom. The van der Waals surface area contributed by atoms with Gasteiger partial charge in [-0.2, -0.15) is 0 Å². The van der Waals surface area contributed by atoms with Crippen LogP contribution >= 0.6 is 0 Å². The molecule has 5 nitrogen and oxygen atoms in total. The second-order valence-electron chi connectivity index (χ2n) is 8.48. The quantitative estimate of drug-likeness (QED) is 0.440. The van der Waals surface area contributed by atoms with Gasteiger partial charge in [0.2, 0.25) is 11.5 Å². The lowest BCUT2D eigenvalue weighted by atomic mass is 10.2. The highest BCUT2D eigenvalue weighted by Crippen LogP contribution is 2.37. The van der Waals surface area contributed by atoms with E-state index < -0.39 is 26.0 Å². The Balaban J connectivity index is 2.09. The molecule has 0 amide bonds. The molecule has 2 aromatic rings. The Morgan fingerprint density at radius 3 is 1.79 bits per heavy atom. The van der Waals surface area contributed by atoms with Crippen molar-refractivity contribution in [2.24, 2.45) is 0 Å². The number of hydrogen-bond donors (Lipinski definition) is 0. The van der Waals surface area contributed by atoms with E-state index >= 15 is 0 Å². The summed E-state index contributed by atoms with van der Waals surface area (Å²) < 4.78 is 16.8. The van der Waals surface area contributed by atoms with Crippen LogP contribution in [0, 0.1) is 0 Å². The summed E-state index contributed by atoms with van der Waals surface area (Å²) in [5, 5.41) is 1.58. The molecule has 0 unspecified atom stereocenters. The molecule has 1 aliphatic heterocycles. The molecule has 0 atom stereocenters. The normalized spacial score (nSPS) is 17.6. The molecule has 1 saturated heterocycles. The van der Waals surface area contributed by atoms with Crippen molar-refractivity contribution in [2.75, 3.05) is 0 Å². The second-order valence-corrected chi connectivity index (χ2v) is 12.7. The molecule has 1 heterocycles. The van der Waals surface area contributed by atoms with Crippen molar-refractivity contribution in [1.29, 1.82) is 0 Å². The zero-order valence-electron chi connectivity index (χ0n) is 17.4. The van der Waals surface area contributed by atoms with Crippen LogP contribution in [0.3, 0.4) is 0 Å². The van der Waals surface area contributed by atoms with Gasteiger partial charge in [0, 0.05) is 13.8 Å². The van der Waals surface area contributed by atoms with E-state index in [4.69, 9.17) is 13.9 Å². The molecular weight excluding hydrogens is 384 g/mol. The van der Waals surface area contributed by atoms with Crippen molar-refractivity contribution in [3.63, 3.8) is 0 Å². The maximum absolute atomic E-state index is 13.0. The lowest BCUT2D eigenvalue weighted by molar-refractivity contribution is -0.159. The molecule has 0 radical (unpaired) electrons. The van der Waals surface area contributed by atoms with Gasteiger partial charge in [-0.25, -0.2) is 9.59 Å². The average molecular weight is 411 g/mol. The third-order valence-corrected chi connectivity index (χ3v) is 9.73. The summed E-state index contributed by atoms with van der Waals surface area (Å²) in [6.07, 6.45) is 1.09. The van der Waals surface area contributed by atoms with Crippen molar-refractivity contribution in [3.8, 4) is 0 Å². The van der Waals surface area contributed by atoms with Crippen molar-refractivity contribution in [1.82, 2.24) is 0 Å². The van der Waals surface area contributed by atoms with Crippen molar-refractivity contribution in [2.45, 2.75) is 45.4 Å². The lowest BCUT2D eigenvalue weighted by Crippen LogP contribution is -2.67. The van der Waals surface area contributed by atoms with E-state index in [0.29, 0.717) is 0 Å². The molecule has 0 aliphatic carbocycles. The van der Waals surface area contributed by atoms with E-state index in [1.54, 1.807) is 13.8 Å². The van der Waals surface area contributed by atoms with Crippen LogP contribution in [-0.2, 0) is 23.5 Å². The van der Waals surface area contributed by atoms with Gasteiger partial charge in [0.15, 0.2) is 0 Å². The van der Waals surface area contributed by atoms with Crippen molar-refractivity contribution < 1.29 is 23.5 Å². The van der Waals surface area contributed by atoms with Crippen LogP contribution < -0.4 is 10.4 Å². The third kappa shape index (κ3) is 4.12. The monoisotopic (exact) mass is 410 g/mol. The van der Waals surface area contributed by atoms with E-state index in [-0.39, 0.29) is 10.8 Å². The van der Waals surface area contributed by atoms with Crippen molar-refractivity contribution >= 4 is 30.6 Å². The fraction of sp³-hybridized carbons (Fsp3) is 0.304. The Morgan fingerprint density at radius 1 is 0.931 bits per heavy atom. The largest absolute Gasteiger partial charge is 0.506 e. The third-order valence-electron chi connectivity index (χ3n) is 4.81. The molecule has 2 aromatic carbocycles. The predicted molar refractivity (Wildman–Crippen MR) is 113 cm³/mol. The van der Waals surface area contributed by atoms with Crippen LogP contribution in [0.2, 0.25) is 5.04 Å². The molecule has 3 rings (SSSR count). The minimum atomic E-state index is -3.04. The summed E-state index contributed by atoms with van der Waals surface area (Å²) in [7, 11) is -3.04. The van der Waals surface area contributed by atoms with Gasteiger partial charge < -0.3 is 13.9 Å². The van der Waals surface area contributed by atoms with Gasteiger partial charge in [-0.1, -0.05) is 81.4 Å². The van der Waals surface area contributed by atoms with Gasteiger partial charge in [0.05, 0.1) is 6.08 Å². The number of hydrogen-bond acceptors (Lipinski definition) is 5. The molecule has 1 aliphatic rings. The predicted octanol–water partition coefficient (Wildman–Crippen LogP) is 3.28. The molecule has 6 heteroatoms. The van der Waals surface area contributed by atoms with Crippen LogP contribution in [0.1, 0.15) is 34.6 Å². The molecule has 1 fully saturated rings. The molecule has 0 spiro atoms. The van der Waals surface area contributed by atoms with E-state index in [2.05, 4.69) is 20.8 Å². The summed E-state index contributed by atoms with van der Waals surface area (Å²) in [5.41, 5.74) is 0. The first-order chi connectivity index (χ1) is 13.6. The van der Waals surface area contributed by atoms with E-state index in [1.807, 2.05) is 60.7 Å². The fourth-order valence-electron chi connectivity index (χ4n) is 3.63. The van der Waals surface area contributed by atoms with Gasteiger partial charge in [0.25, 0.3) is 0 Å². The Hall–Kier alpha value is -2.86. The Kier molecular flexibility index (Phi) is 5.41. The highest BCUT2D eigenvalue weighted by Gasteiger charge is 2.53. The van der Waals surface area contributed by atoms with Gasteiger partial charge >= 0.3 is 20.3 Å². The first-order valence-electron chi connectivity index (χ1n) is 9.53. The average Bonchev–Trinajstić information content (AvgIpc) is 2.91. The van der Waals surface area contributed by atoms with Gasteiger partial charge in [-0.15, -0.1) is 0 Å². The summed E-state index contributed by atoms with van der Waals surface area (Å²) in [5.74, 6) is -2.53. The lowest BCUT2D eigenvalue weighted by Gasteiger charge is -2.41. The fourth-order valence-corrected chi connectivity index (χ4v) is 7.92. The number of cyclic esters (lactones) is 1. The van der Waals surface area contributed by atoms with Crippen LogP contribution in [0.5, 0.6) is 0 Å². The number of ether oxygens (including phenoxy) is 2. The highest BCUT2D eigenvalue weighted by atomic mass is 28.4. The van der Waals surface area contributed by atoms with Crippen LogP contribution in [0.25, 0.3) is 0 Å². The van der Waals surface area contributed by atoms with Crippen LogP contribution in [-0.4, -0.2) is 26.0 Å². The zero-order chi connectivity index (χ0) is 21.3. The molecule has 0 bridgehead atoms. The first-order valence-corrected chi connectivity index (χ1v) is 11.4. The number of carbonyl (C=O) groups is 2. The maximum atomic E-state index is 13.0. The van der Waals surface area contributed by atoms with E-state index in [1.165, 1.54) is 0 Å². The van der Waals surface area contributed by atoms with E-state index in [9.17, 15) is 9.59 Å². The first kappa shape index (κ1) is 20.9. The summed E-state index contributed by atoms with van der Waals surface area (Å²) in [6.45, 7) is 9.44. The smallest absolute Gasteiger partial charge is 0.377 e. The van der Waals surface area contributed by atoms with Gasteiger partial charge in [-0.3, -0.25) is 0 Å². The summed E-state index contributed by atoms with van der Waals surface area (Å²) >= 11 is 0. The number of benzene rings is 2. The number of rotatable bonds is 4. The van der Waals surface area contributed by atoms with Gasteiger partial charge in [0.1, 0.15) is 0 Å². The zero-order valence-corrected chi connectivity index (χ0v) is 18.4. The minimum Gasteiger partial charge on any atom is -0.506 e. The Labute approximate surface area is 172 Å². The van der Waals surface area contributed by atoms with Gasteiger partial charge in [-0.05, 0) is 15.4 Å². The molecule has 29 heavy (non-hydrogen) atoms. The van der Waals surface area contributed by atoms with E-state index in [0.717, 1.165) is 16.4 Å². The maximum Gasteiger partial charge on any atom is 0.377 e. The SMILES string of the molecule is CC1(C)OC(=O)C(=CC(=O)O[Si](c2ccccc2)(c2ccccc2)C(C)(C)C)O1. The second kappa shape index (κ2) is 7.52. The molecule has 0 saturated carbocycles. The molecule has 152 valence electrons.